The lowest BCUT2D eigenvalue weighted by atomic mass is 9.99. The molecule has 4 rings (SSSR count). The molecule has 7 heteroatoms. The first-order chi connectivity index (χ1) is 17.7. The maximum Gasteiger partial charge on any atom is 0.432 e. The average molecular weight is 531 g/mol. The summed E-state index contributed by atoms with van der Waals surface area (Å²) in [6.07, 6.45) is -0.110. The lowest BCUT2D eigenvalue weighted by molar-refractivity contribution is -0.189. The van der Waals surface area contributed by atoms with E-state index < -0.39 is 29.1 Å². The van der Waals surface area contributed by atoms with Crippen molar-refractivity contribution in [3.05, 3.63) is 112 Å². The van der Waals surface area contributed by atoms with Crippen LogP contribution in [0, 0.1) is 17.5 Å². The van der Waals surface area contributed by atoms with Crippen LogP contribution in [0.3, 0.4) is 0 Å². The molecule has 0 bridgehead atoms. The Labute approximate surface area is 217 Å². The second-order valence-corrected chi connectivity index (χ2v) is 9.15. The molecule has 0 spiro atoms. The molecule has 0 radical (unpaired) electrons. The fourth-order valence-corrected chi connectivity index (χ4v) is 4.17. The highest BCUT2D eigenvalue weighted by Crippen LogP contribution is 2.37. The second kappa shape index (κ2) is 11.3. The Morgan fingerprint density at radius 2 is 1.22 bits per heavy atom. The minimum atomic E-state index is -4.27. The molecule has 0 saturated heterocycles. The van der Waals surface area contributed by atoms with Gasteiger partial charge in [-0.15, -0.1) is 0 Å². The maximum absolute atomic E-state index is 14.9. The Hall–Kier alpha value is -3.38. The van der Waals surface area contributed by atoms with E-state index in [-0.39, 0.29) is 16.3 Å². The summed E-state index contributed by atoms with van der Waals surface area (Å²) in [6, 6.07) is 18.4. The quantitative estimate of drug-likeness (QED) is 0.154. The Bertz CT molecular complexity index is 1350. The summed E-state index contributed by atoms with van der Waals surface area (Å²) >= 11 is 5.68. The zero-order valence-corrected chi connectivity index (χ0v) is 20.8. The van der Waals surface area contributed by atoms with Gasteiger partial charge in [0.2, 0.25) is 0 Å². The molecule has 0 N–H and O–H groups in total. The van der Waals surface area contributed by atoms with Crippen molar-refractivity contribution in [3.63, 3.8) is 0 Å². The van der Waals surface area contributed by atoms with Crippen molar-refractivity contribution in [1.82, 2.24) is 0 Å². The van der Waals surface area contributed by atoms with E-state index in [0.717, 1.165) is 43.4 Å². The lowest BCUT2D eigenvalue weighted by Crippen LogP contribution is -2.25. The van der Waals surface area contributed by atoms with Gasteiger partial charge in [-0.25, -0.2) is 13.2 Å². The number of halogens is 6. The highest BCUT2D eigenvalue weighted by Gasteiger charge is 2.41. The summed E-state index contributed by atoms with van der Waals surface area (Å²) in [6.45, 7) is 2.12. The monoisotopic (exact) mass is 530 g/mol. The minimum Gasteiger partial charge on any atom is -0.429 e. The molecule has 0 atom stereocenters. The minimum absolute atomic E-state index is 0.0437. The molecule has 0 saturated carbocycles. The topological polar surface area (TPSA) is 9.23 Å². The molecule has 4 aromatic rings. The summed E-state index contributed by atoms with van der Waals surface area (Å²) in [5.74, 6) is -3.77. The van der Waals surface area contributed by atoms with Crippen LogP contribution in [0.2, 0.25) is 5.02 Å². The summed E-state index contributed by atoms with van der Waals surface area (Å²) in [4.78, 5) is 0. The van der Waals surface area contributed by atoms with E-state index in [9.17, 15) is 22.0 Å². The van der Waals surface area contributed by atoms with Gasteiger partial charge in [0, 0.05) is 0 Å². The van der Waals surface area contributed by atoms with E-state index in [4.69, 9.17) is 11.6 Å². The first-order valence-corrected chi connectivity index (χ1v) is 12.3. The van der Waals surface area contributed by atoms with Gasteiger partial charge in [0.1, 0.15) is 28.8 Å². The SMILES string of the molecule is CCCCCc1ccc(-c2cc(F)c(C(F)(F)Oc3ccc(-c4ccc(Cl)c(F)c4)cc3)c(F)c2)cc1. The van der Waals surface area contributed by atoms with Crippen LogP contribution in [-0.2, 0) is 12.5 Å². The number of benzene rings is 4. The second-order valence-electron chi connectivity index (χ2n) is 8.74. The molecular weight excluding hydrogens is 507 g/mol. The van der Waals surface area contributed by atoms with Crippen molar-refractivity contribution < 1.29 is 26.7 Å². The van der Waals surface area contributed by atoms with E-state index in [1.807, 2.05) is 12.1 Å². The van der Waals surface area contributed by atoms with Gasteiger partial charge in [-0.05, 0) is 77.1 Å². The highest BCUT2D eigenvalue weighted by molar-refractivity contribution is 6.30. The molecule has 0 aliphatic carbocycles. The van der Waals surface area contributed by atoms with Gasteiger partial charge in [0.05, 0.1) is 5.02 Å². The zero-order valence-electron chi connectivity index (χ0n) is 20.0. The van der Waals surface area contributed by atoms with Crippen LogP contribution in [-0.4, -0.2) is 0 Å². The zero-order chi connectivity index (χ0) is 26.6. The van der Waals surface area contributed by atoms with Crippen molar-refractivity contribution in [2.24, 2.45) is 0 Å². The molecule has 37 heavy (non-hydrogen) atoms. The van der Waals surface area contributed by atoms with Gasteiger partial charge >= 0.3 is 6.11 Å². The van der Waals surface area contributed by atoms with Crippen molar-refractivity contribution in [2.75, 3.05) is 0 Å². The molecule has 0 unspecified atom stereocenters. The third-order valence-electron chi connectivity index (χ3n) is 6.04. The van der Waals surface area contributed by atoms with Gasteiger partial charge in [0.25, 0.3) is 0 Å². The molecular formula is C30H24ClF5O. The Kier molecular flexibility index (Phi) is 8.18. The Morgan fingerprint density at radius 1 is 0.676 bits per heavy atom. The lowest BCUT2D eigenvalue weighted by Gasteiger charge is -2.20. The Morgan fingerprint density at radius 3 is 1.81 bits per heavy atom. The van der Waals surface area contributed by atoms with Crippen LogP contribution in [0.1, 0.15) is 37.3 Å². The highest BCUT2D eigenvalue weighted by atomic mass is 35.5. The van der Waals surface area contributed by atoms with E-state index >= 15 is 0 Å². The van der Waals surface area contributed by atoms with Crippen LogP contribution in [0.25, 0.3) is 22.3 Å². The number of rotatable bonds is 9. The molecule has 0 aromatic heterocycles. The number of hydrogen-bond acceptors (Lipinski definition) is 1. The van der Waals surface area contributed by atoms with Crippen LogP contribution in [0.5, 0.6) is 5.75 Å². The Balaban J connectivity index is 1.52. The van der Waals surface area contributed by atoms with Crippen LogP contribution < -0.4 is 4.74 Å². The van der Waals surface area contributed by atoms with E-state index in [2.05, 4.69) is 11.7 Å². The predicted octanol–water partition coefficient (Wildman–Crippen LogP) is 9.95. The molecule has 0 aliphatic rings. The van der Waals surface area contributed by atoms with Crippen LogP contribution in [0.4, 0.5) is 22.0 Å². The summed E-state index contributed by atoms with van der Waals surface area (Å²) < 4.78 is 77.7. The van der Waals surface area contributed by atoms with E-state index in [0.29, 0.717) is 16.7 Å². The molecule has 4 aromatic carbocycles. The van der Waals surface area contributed by atoms with E-state index in [1.54, 1.807) is 18.2 Å². The molecule has 0 fully saturated rings. The van der Waals surface area contributed by atoms with Crippen LogP contribution >= 0.6 is 11.6 Å². The molecule has 0 heterocycles. The number of hydrogen-bond donors (Lipinski definition) is 0. The fourth-order valence-electron chi connectivity index (χ4n) is 4.05. The fraction of sp³-hybridized carbons (Fsp3) is 0.200. The normalized spacial score (nSPS) is 11.5. The molecule has 192 valence electrons. The van der Waals surface area contributed by atoms with Crippen molar-refractivity contribution in [2.45, 2.75) is 38.7 Å². The standard InChI is InChI=1S/C30H24ClF5O/c1-2-3-4-5-19-6-8-21(9-7-19)23-17-27(33)29(28(34)18-23)30(35,36)37-24-13-10-20(11-14-24)22-12-15-25(31)26(32)16-22/h6-18H,2-5H2,1H3. The maximum atomic E-state index is 14.9. The number of unbranched alkanes of at least 4 members (excludes halogenated alkanes) is 2. The summed E-state index contributed by atoms with van der Waals surface area (Å²) in [7, 11) is 0. The predicted molar refractivity (Wildman–Crippen MR) is 136 cm³/mol. The number of aryl methyl sites for hydroxylation is 1. The van der Waals surface area contributed by atoms with Gasteiger partial charge in [0.15, 0.2) is 0 Å². The number of ether oxygens (including phenoxy) is 1. The summed E-state index contributed by atoms with van der Waals surface area (Å²) in [5.41, 5.74) is 1.28. The first kappa shape index (κ1) is 26.7. The molecule has 0 aliphatic heterocycles. The van der Waals surface area contributed by atoms with E-state index in [1.165, 1.54) is 36.4 Å². The third kappa shape index (κ3) is 6.31. The van der Waals surface area contributed by atoms with Gasteiger partial charge in [-0.2, -0.15) is 8.78 Å². The smallest absolute Gasteiger partial charge is 0.429 e. The molecule has 0 amide bonds. The first-order valence-electron chi connectivity index (χ1n) is 11.9. The average Bonchev–Trinajstić information content (AvgIpc) is 2.86. The largest absolute Gasteiger partial charge is 0.432 e. The van der Waals surface area contributed by atoms with Crippen molar-refractivity contribution >= 4 is 11.6 Å². The third-order valence-corrected chi connectivity index (χ3v) is 6.35. The molecule has 1 nitrogen and oxygen atoms in total. The van der Waals surface area contributed by atoms with Gasteiger partial charge in [-0.1, -0.05) is 73.8 Å². The van der Waals surface area contributed by atoms with Gasteiger partial charge in [-0.3, -0.25) is 0 Å². The van der Waals surface area contributed by atoms with Crippen molar-refractivity contribution in [3.8, 4) is 28.0 Å². The summed E-state index contributed by atoms with van der Waals surface area (Å²) in [5, 5.41) is -0.0437. The number of alkyl halides is 2. The van der Waals surface area contributed by atoms with Gasteiger partial charge < -0.3 is 4.74 Å². The van der Waals surface area contributed by atoms with Crippen molar-refractivity contribution in [1.29, 1.82) is 0 Å². The van der Waals surface area contributed by atoms with Crippen LogP contribution in [0.15, 0.2) is 78.9 Å².